The Bertz CT molecular complexity index is 606. The minimum Gasteiger partial charge on any atom is -0.380 e. The van der Waals surface area contributed by atoms with Crippen molar-refractivity contribution in [2.24, 2.45) is 11.5 Å². The Morgan fingerprint density at radius 1 is 1.10 bits per heavy atom. The van der Waals surface area contributed by atoms with E-state index in [1.807, 2.05) is 43.3 Å². The Balaban J connectivity index is 2.13. The highest BCUT2D eigenvalue weighted by atomic mass is 16.1. The highest BCUT2D eigenvalue weighted by molar-refractivity contribution is 5.98. The minimum atomic E-state index is -0.425. The molecule has 0 aliphatic heterocycles. The zero-order valence-electron chi connectivity index (χ0n) is 11.5. The molecule has 0 atom stereocenters. The van der Waals surface area contributed by atoms with Gasteiger partial charge in [0.1, 0.15) is 0 Å². The summed E-state index contributed by atoms with van der Waals surface area (Å²) in [7, 11) is 0. The average Bonchev–Trinajstić information content (AvgIpc) is 2.45. The Morgan fingerprint density at radius 3 is 2.35 bits per heavy atom. The Kier molecular flexibility index (Phi) is 4.38. The zero-order chi connectivity index (χ0) is 14.5. The molecule has 5 N–H and O–H groups in total. The van der Waals surface area contributed by atoms with Gasteiger partial charge in [0.05, 0.1) is 5.56 Å². The molecule has 0 radical (unpaired) electrons. The van der Waals surface area contributed by atoms with Gasteiger partial charge in [-0.3, -0.25) is 4.79 Å². The molecule has 0 bridgehead atoms. The number of nitrogens with two attached hydrogens (primary N) is 2. The molecule has 4 nitrogen and oxygen atoms in total. The second-order valence-corrected chi connectivity index (χ2v) is 4.79. The molecule has 0 aliphatic carbocycles. The number of nitrogens with one attached hydrogen (secondary N) is 1. The molecular weight excluding hydrogens is 250 g/mol. The maximum absolute atomic E-state index is 11.4. The zero-order valence-corrected chi connectivity index (χ0v) is 11.5. The van der Waals surface area contributed by atoms with Crippen molar-refractivity contribution in [3.05, 3.63) is 64.7 Å². The van der Waals surface area contributed by atoms with E-state index in [-0.39, 0.29) is 0 Å². The normalized spacial score (nSPS) is 10.3. The second-order valence-electron chi connectivity index (χ2n) is 4.79. The van der Waals surface area contributed by atoms with Gasteiger partial charge >= 0.3 is 0 Å². The first-order valence-electron chi connectivity index (χ1n) is 6.52. The Morgan fingerprint density at radius 2 is 1.75 bits per heavy atom. The Hall–Kier alpha value is -2.33. The molecule has 4 heteroatoms. The maximum Gasteiger partial charge on any atom is 0.250 e. The molecule has 0 aliphatic rings. The van der Waals surface area contributed by atoms with Crippen LogP contribution < -0.4 is 16.8 Å². The SMILES string of the molecule is Cc1ccc(C(N)=O)c(NCc2ccc(CN)cc2)c1. The summed E-state index contributed by atoms with van der Waals surface area (Å²) in [5.41, 5.74) is 15.5. The van der Waals surface area contributed by atoms with Crippen LogP contribution in [-0.2, 0) is 13.1 Å². The third-order valence-electron chi connectivity index (χ3n) is 3.18. The molecule has 0 saturated carbocycles. The van der Waals surface area contributed by atoms with Gasteiger partial charge in [-0.1, -0.05) is 30.3 Å². The van der Waals surface area contributed by atoms with Crippen LogP contribution in [0.5, 0.6) is 0 Å². The molecule has 20 heavy (non-hydrogen) atoms. The summed E-state index contributed by atoms with van der Waals surface area (Å²) < 4.78 is 0. The number of carbonyl (C=O) groups is 1. The van der Waals surface area contributed by atoms with Crippen LogP contribution in [0.1, 0.15) is 27.0 Å². The van der Waals surface area contributed by atoms with Crippen molar-refractivity contribution in [3.8, 4) is 0 Å². The van der Waals surface area contributed by atoms with Crippen molar-refractivity contribution in [2.45, 2.75) is 20.0 Å². The molecule has 0 fully saturated rings. The largest absolute Gasteiger partial charge is 0.380 e. The molecule has 0 saturated heterocycles. The van der Waals surface area contributed by atoms with E-state index in [0.29, 0.717) is 18.7 Å². The number of hydrogen-bond acceptors (Lipinski definition) is 3. The monoisotopic (exact) mass is 269 g/mol. The lowest BCUT2D eigenvalue weighted by atomic mass is 10.1. The van der Waals surface area contributed by atoms with E-state index in [9.17, 15) is 4.79 Å². The van der Waals surface area contributed by atoms with Crippen molar-refractivity contribution >= 4 is 11.6 Å². The molecule has 0 aromatic heterocycles. The van der Waals surface area contributed by atoms with Crippen LogP contribution in [0.15, 0.2) is 42.5 Å². The van der Waals surface area contributed by atoms with Crippen LogP contribution in [-0.4, -0.2) is 5.91 Å². The van der Waals surface area contributed by atoms with Crippen LogP contribution in [0.4, 0.5) is 5.69 Å². The van der Waals surface area contributed by atoms with Gasteiger partial charge in [0.15, 0.2) is 0 Å². The fraction of sp³-hybridized carbons (Fsp3) is 0.188. The average molecular weight is 269 g/mol. The van der Waals surface area contributed by atoms with Gasteiger partial charge in [-0.15, -0.1) is 0 Å². The third-order valence-corrected chi connectivity index (χ3v) is 3.18. The molecule has 104 valence electrons. The number of carbonyl (C=O) groups excluding carboxylic acids is 1. The summed E-state index contributed by atoms with van der Waals surface area (Å²) in [6.07, 6.45) is 0. The third kappa shape index (κ3) is 3.36. The molecule has 1 amide bonds. The van der Waals surface area contributed by atoms with E-state index in [1.54, 1.807) is 6.07 Å². The van der Waals surface area contributed by atoms with Gasteiger partial charge in [-0.05, 0) is 35.7 Å². The van der Waals surface area contributed by atoms with Crippen molar-refractivity contribution < 1.29 is 4.79 Å². The van der Waals surface area contributed by atoms with Gasteiger partial charge in [-0.2, -0.15) is 0 Å². The lowest BCUT2D eigenvalue weighted by Crippen LogP contribution is -2.14. The molecule has 2 aromatic carbocycles. The summed E-state index contributed by atoms with van der Waals surface area (Å²) in [4.78, 5) is 11.4. The summed E-state index contributed by atoms with van der Waals surface area (Å²) >= 11 is 0. The van der Waals surface area contributed by atoms with Crippen molar-refractivity contribution in [1.82, 2.24) is 0 Å². The number of anilines is 1. The van der Waals surface area contributed by atoms with Crippen LogP contribution in [0, 0.1) is 6.92 Å². The number of hydrogen-bond donors (Lipinski definition) is 3. The van der Waals surface area contributed by atoms with Gasteiger partial charge < -0.3 is 16.8 Å². The first kappa shape index (κ1) is 14.1. The molecular formula is C16H19N3O. The lowest BCUT2D eigenvalue weighted by Gasteiger charge is -2.11. The van der Waals surface area contributed by atoms with Crippen LogP contribution >= 0.6 is 0 Å². The van der Waals surface area contributed by atoms with Crippen LogP contribution in [0.25, 0.3) is 0 Å². The summed E-state index contributed by atoms with van der Waals surface area (Å²) in [6, 6.07) is 13.6. The number of amides is 1. The van der Waals surface area contributed by atoms with E-state index >= 15 is 0 Å². The number of aryl methyl sites for hydroxylation is 1. The maximum atomic E-state index is 11.4. The van der Waals surface area contributed by atoms with E-state index < -0.39 is 5.91 Å². The summed E-state index contributed by atoms with van der Waals surface area (Å²) in [5, 5.41) is 3.26. The fourth-order valence-electron chi connectivity index (χ4n) is 2.01. The Labute approximate surface area is 118 Å². The molecule has 0 unspecified atom stereocenters. The quantitative estimate of drug-likeness (QED) is 0.778. The summed E-state index contributed by atoms with van der Waals surface area (Å²) in [6.45, 7) is 3.15. The predicted octanol–water partition coefficient (Wildman–Crippen LogP) is 2.16. The van der Waals surface area contributed by atoms with Crippen LogP contribution in [0.3, 0.4) is 0 Å². The van der Waals surface area contributed by atoms with Crippen molar-refractivity contribution in [1.29, 1.82) is 0 Å². The highest BCUT2D eigenvalue weighted by Gasteiger charge is 2.07. The first-order valence-corrected chi connectivity index (χ1v) is 6.52. The van der Waals surface area contributed by atoms with Crippen molar-refractivity contribution in [3.63, 3.8) is 0 Å². The standard InChI is InChI=1S/C16H19N3O/c1-11-2-7-14(16(18)20)15(8-11)19-10-13-5-3-12(9-17)4-6-13/h2-8,19H,9-10,17H2,1H3,(H2,18,20). The molecule has 0 heterocycles. The van der Waals surface area contributed by atoms with Gasteiger partial charge in [0.2, 0.25) is 0 Å². The number of rotatable bonds is 5. The fourth-order valence-corrected chi connectivity index (χ4v) is 2.01. The number of benzene rings is 2. The minimum absolute atomic E-state index is 0.425. The summed E-state index contributed by atoms with van der Waals surface area (Å²) in [5.74, 6) is -0.425. The van der Waals surface area contributed by atoms with E-state index in [4.69, 9.17) is 11.5 Å². The van der Waals surface area contributed by atoms with Gasteiger partial charge in [-0.25, -0.2) is 0 Å². The predicted molar refractivity (Wildman–Crippen MR) is 81.4 cm³/mol. The molecule has 2 rings (SSSR count). The number of primary amides is 1. The smallest absolute Gasteiger partial charge is 0.250 e. The molecule has 0 spiro atoms. The second kappa shape index (κ2) is 6.21. The van der Waals surface area contributed by atoms with E-state index in [0.717, 1.165) is 22.4 Å². The van der Waals surface area contributed by atoms with E-state index in [2.05, 4.69) is 5.32 Å². The van der Waals surface area contributed by atoms with Gasteiger partial charge in [0.25, 0.3) is 5.91 Å². The van der Waals surface area contributed by atoms with Crippen molar-refractivity contribution in [2.75, 3.05) is 5.32 Å². The van der Waals surface area contributed by atoms with E-state index in [1.165, 1.54) is 0 Å². The molecule has 2 aromatic rings. The first-order chi connectivity index (χ1) is 9.60. The van der Waals surface area contributed by atoms with Crippen LogP contribution in [0.2, 0.25) is 0 Å². The van der Waals surface area contributed by atoms with Gasteiger partial charge in [0, 0.05) is 18.8 Å². The highest BCUT2D eigenvalue weighted by Crippen LogP contribution is 2.18. The topological polar surface area (TPSA) is 81.1 Å². The lowest BCUT2D eigenvalue weighted by molar-refractivity contribution is 0.100.